The van der Waals surface area contributed by atoms with Crippen molar-refractivity contribution >= 4 is 17.7 Å². The van der Waals surface area contributed by atoms with Gasteiger partial charge in [0.1, 0.15) is 5.76 Å². The average Bonchev–Trinajstić information content (AvgIpc) is 3.43. The van der Waals surface area contributed by atoms with E-state index in [1.165, 1.54) is 11.8 Å². The van der Waals surface area contributed by atoms with Crippen molar-refractivity contribution in [1.82, 2.24) is 19.7 Å². The number of thioether (sulfide) groups is 1. The highest BCUT2D eigenvalue weighted by molar-refractivity contribution is 7.99. The normalized spacial score (nSPS) is 15.4. The van der Waals surface area contributed by atoms with Crippen molar-refractivity contribution in [2.45, 2.75) is 31.5 Å². The van der Waals surface area contributed by atoms with Gasteiger partial charge in [0.15, 0.2) is 10.9 Å². The van der Waals surface area contributed by atoms with Gasteiger partial charge in [-0.3, -0.25) is 9.36 Å². The molecule has 0 saturated carbocycles. The second-order valence-corrected chi connectivity index (χ2v) is 7.74. The topological polar surface area (TPSA) is 77.3 Å². The van der Waals surface area contributed by atoms with Crippen LogP contribution in [0.25, 0.3) is 11.6 Å². The van der Waals surface area contributed by atoms with Crippen molar-refractivity contribution in [2.24, 2.45) is 5.92 Å². The quantitative estimate of drug-likeness (QED) is 0.603. The van der Waals surface area contributed by atoms with Crippen LogP contribution in [0.1, 0.15) is 25.5 Å². The lowest BCUT2D eigenvalue weighted by Crippen LogP contribution is -2.38. The molecular formula is C19H22N4O3S. The maximum atomic E-state index is 12.6. The van der Waals surface area contributed by atoms with Gasteiger partial charge in [0.2, 0.25) is 11.7 Å². The van der Waals surface area contributed by atoms with E-state index in [1.54, 1.807) is 12.5 Å². The first-order chi connectivity index (χ1) is 13.2. The van der Waals surface area contributed by atoms with Crippen molar-refractivity contribution in [3.63, 3.8) is 0 Å². The van der Waals surface area contributed by atoms with E-state index in [9.17, 15) is 4.79 Å². The van der Waals surface area contributed by atoms with Crippen molar-refractivity contribution in [2.75, 3.05) is 18.8 Å². The standard InChI is InChI=1S/C19H22N4O3S/c1-14-6-8-22(9-7-14)17(24)13-27-19-21-20-18(16-5-3-11-26-16)23(19)12-15-4-2-10-25-15/h2-5,10-11,14H,6-9,12-13H2,1H3. The molecule has 27 heavy (non-hydrogen) atoms. The van der Waals surface area contributed by atoms with E-state index in [1.807, 2.05) is 33.7 Å². The Kier molecular flexibility index (Phi) is 5.33. The number of carbonyl (C=O) groups excluding carboxylic acids is 1. The fourth-order valence-electron chi connectivity index (χ4n) is 3.16. The third-order valence-corrected chi connectivity index (χ3v) is 5.77. The smallest absolute Gasteiger partial charge is 0.233 e. The maximum Gasteiger partial charge on any atom is 0.233 e. The van der Waals surface area contributed by atoms with Gasteiger partial charge in [-0.1, -0.05) is 18.7 Å². The Bertz CT molecular complexity index is 865. The van der Waals surface area contributed by atoms with Crippen LogP contribution >= 0.6 is 11.8 Å². The molecule has 1 fully saturated rings. The fourth-order valence-corrected chi connectivity index (χ4v) is 4.00. The molecule has 8 heteroatoms. The highest BCUT2D eigenvalue weighted by Gasteiger charge is 2.22. The molecule has 1 aliphatic rings. The van der Waals surface area contributed by atoms with Crippen LogP contribution in [0.2, 0.25) is 0 Å². The summed E-state index contributed by atoms with van der Waals surface area (Å²) < 4.78 is 12.9. The molecule has 4 heterocycles. The van der Waals surface area contributed by atoms with E-state index in [2.05, 4.69) is 17.1 Å². The van der Waals surface area contributed by atoms with Crippen LogP contribution in [0.3, 0.4) is 0 Å². The summed E-state index contributed by atoms with van der Waals surface area (Å²) in [5.41, 5.74) is 0. The molecule has 0 radical (unpaired) electrons. The van der Waals surface area contributed by atoms with Gasteiger partial charge in [-0.25, -0.2) is 0 Å². The van der Waals surface area contributed by atoms with Crippen LogP contribution in [0.5, 0.6) is 0 Å². The zero-order valence-electron chi connectivity index (χ0n) is 15.2. The fraction of sp³-hybridized carbons (Fsp3) is 0.421. The van der Waals surface area contributed by atoms with Gasteiger partial charge >= 0.3 is 0 Å². The second-order valence-electron chi connectivity index (χ2n) is 6.80. The second kappa shape index (κ2) is 8.04. The van der Waals surface area contributed by atoms with Crippen LogP contribution in [-0.2, 0) is 11.3 Å². The van der Waals surface area contributed by atoms with E-state index in [0.29, 0.717) is 35.0 Å². The molecule has 0 spiro atoms. The number of hydrogen-bond acceptors (Lipinski definition) is 6. The van der Waals surface area contributed by atoms with Crippen molar-refractivity contribution in [1.29, 1.82) is 0 Å². The van der Waals surface area contributed by atoms with E-state index < -0.39 is 0 Å². The van der Waals surface area contributed by atoms with Crippen LogP contribution < -0.4 is 0 Å². The summed E-state index contributed by atoms with van der Waals surface area (Å²) in [6.07, 6.45) is 5.40. The Morgan fingerprint density at radius 2 is 1.96 bits per heavy atom. The van der Waals surface area contributed by atoms with Crippen LogP contribution in [0.15, 0.2) is 50.8 Å². The lowest BCUT2D eigenvalue weighted by molar-refractivity contribution is -0.129. The first kappa shape index (κ1) is 17.9. The average molecular weight is 386 g/mol. The number of amides is 1. The monoisotopic (exact) mass is 386 g/mol. The Morgan fingerprint density at radius 1 is 1.19 bits per heavy atom. The zero-order chi connectivity index (χ0) is 18.6. The SMILES string of the molecule is CC1CCN(C(=O)CSc2nnc(-c3ccco3)n2Cc2ccco2)CC1. The molecule has 4 rings (SSSR count). The number of hydrogen-bond donors (Lipinski definition) is 0. The van der Waals surface area contributed by atoms with E-state index in [-0.39, 0.29) is 5.91 Å². The first-order valence-electron chi connectivity index (χ1n) is 9.10. The van der Waals surface area contributed by atoms with Gasteiger partial charge in [0.05, 0.1) is 24.8 Å². The van der Waals surface area contributed by atoms with Gasteiger partial charge in [-0.15, -0.1) is 10.2 Å². The maximum absolute atomic E-state index is 12.6. The number of likely N-dealkylation sites (tertiary alicyclic amines) is 1. The Labute approximate surface area is 161 Å². The minimum atomic E-state index is 0.152. The lowest BCUT2D eigenvalue weighted by atomic mass is 9.99. The van der Waals surface area contributed by atoms with E-state index >= 15 is 0 Å². The lowest BCUT2D eigenvalue weighted by Gasteiger charge is -2.30. The van der Waals surface area contributed by atoms with Crippen molar-refractivity contribution in [3.05, 3.63) is 42.6 Å². The van der Waals surface area contributed by atoms with Crippen molar-refractivity contribution < 1.29 is 13.6 Å². The van der Waals surface area contributed by atoms with Crippen LogP contribution in [0.4, 0.5) is 0 Å². The van der Waals surface area contributed by atoms with Gasteiger partial charge in [-0.05, 0) is 43.0 Å². The van der Waals surface area contributed by atoms with Crippen LogP contribution in [-0.4, -0.2) is 44.4 Å². The molecule has 0 aliphatic carbocycles. The summed E-state index contributed by atoms with van der Waals surface area (Å²) in [5.74, 6) is 3.26. The third kappa shape index (κ3) is 4.10. The van der Waals surface area contributed by atoms with Crippen molar-refractivity contribution in [3.8, 4) is 11.6 Å². The summed E-state index contributed by atoms with van der Waals surface area (Å²) in [6, 6.07) is 7.41. The highest BCUT2D eigenvalue weighted by atomic mass is 32.2. The zero-order valence-corrected chi connectivity index (χ0v) is 16.0. The first-order valence-corrected chi connectivity index (χ1v) is 10.1. The number of aromatic nitrogens is 3. The predicted molar refractivity (Wildman–Crippen MR) is 101 cm³/mol. The summed E-state index contributed by atoms with van der Waals surface area (Å²) in [5, 5.41) is 9.23. The largest absolute Gasteiger partial charge is 0.467 e. The van der Waals surface area contributed by atoms with Gasteiger partial charge in [0.25, 0.3) is 0 Å². The number of piperidine rings is 1. The molecule has 0 N–H and O–H groups in total. The molecule has 3 aromatic heterocycles. The summed E-state index contributed by atoms with van der Waals surface area (Å²) in [7, 11) is 0. The van der Waals surface area contributed by atoms with E-state index in [0.717, 1.165) is 31.7 Å². The third-order valence-electron chi connectivity index (χ3n) is 4.81. The van der Waals surface area contributed by atoms with Gasteiger partial charge in [-0.2, -0.15) is 0 Å². The minimum Gasteiger partial charge on any atom is -0.467 e. The molecule has 1 aliphatic heterocycles. The molecule has 1 amide bonds. The Morgan fingerprint density at radius 3 is 2.67 bits per heavy atom. The molecular weight excluding hydrogens is 364 g/mol. The number of rotatable bonds is 6. The number of furan rings is 2. The van der Waals surface area contributed by atoms with Gasteiger partial charge in [0, 0.05) is 13.1 Å². The molecule has 3 aromatic rings. The molecule has 142 valence electrons. The molecule has 7 nitrogen and oxygen atoms in total. The summed E-state index contributed by atoms with van der Waals surface area (Å²) >= 11 is 1.40. The minimum absolute atomic E-state index is 0.152. The number of carbonyl (C=O) groups is 1. The molecule has 0 unspecified atom stereocenters. The Hall–Kier alpha value is -2.48. The molecule has 0 atom stereocenters. The highest BCUT2D eigenvalue weighted by Crippen LogP contribution is 2.26. The van der Waals surface area contributed by atoms with E-state index in [4.69, 9.17) is 8.83 Å². The number of nitrogens with zero attached hydrogens (tertiary/aromatic N) is 4. The molecule has 0 aromatic carbocycles. The molecule has 0 bridgehead atoms. The van der Waals surface area contributed by atoms with Gasteiger partial charge < -0.3 is 13.7 Å². The Balaban J connectivity index is 1.49. The predicted octanol–water partition coefficient (Wildman–Crippen LogP) is 3.53. The van der Waals surface area contributed by atoms with Crippen LogP contribution in [0, 0.1) is 5.92 Å². The summed E-state index contributed by atoms with van der Waals surface area (Å²) in [6.45, 7) is 4.41. The molecule has 1 saturated heterocycles. The summed E-state index contributed by atoms with van der Waals surface area (Å²) in [4.78, 5) is 14.5.